The largest absolute Gasteiger partial charge is 1.00 e. The van der Waals surface area contributed by atoms with Crippen LogP contribution in [0.3, 0.4) is 0 Å². The van der Waals surface area contributed by atoms with E-state index in [1.54, 1.807) is 0 Å². The van der Waals surface area contributed by atoms with Gasteiger partial charge >= 0.3 is 29.6 Å². The smallest absolute Gasteiger partial charge is 0.213 e. The Bertz CT molecular complexity index is 151. The minimum absolute atomic E-state index is 0. The molecule has 0 N–H and O–H groups in total. The fourth-order valence-electron chi connectivity index (χ4n) is 1.02. The summed E-state index contributed by atoms with van der Waals surface area (Å²) in [7, 11) is 0. The van der Waals surface area contributed by atoms with Crippen LogP contribution >= 0.6 is 0 Å². The molecule has 0 aromatic heterocycles. The Morgan fingerprint density at radius 3 is 2.10 bits per heavy atom. The van der Waals surface area contributed by atoms with E-state index in [1.165, 1.54) is 12.0 Å². The van der Waals surface area contributed by atoms with Gasteiger partial charge in [-0.2, -0.15) is 17.7 Å². The molecule has 1 rings (SSSR count). The van der Waals surface area contributed by atoms with E-state index in [-0.39, 0.29) is 29.6 Å². The number of hydrogen-bond donors (Lipinski definition) is 0. The van der Waals surface area contributed by atoms with Crippen molar-refractivity contribution < 1.29 is 29.6 Å². The Labute approximate surface area is 85.3 Å². The van der Waals surface area contributed by atoms with Crippen molar-refractivity contribution in [3.63, 3.8) is 0 Å². The number of rotatable bonds is 2. The quantitative estimate of drug-likeness (QED) is 0.391. The van der Waals surface area contributed by atoms with Crippen LogP contribution < -0.4 is 29.6 Å². The first-order valence-corrected chi connectivity index (χ1v) is 3.49. The van der Waals surface area contributed by atoms with Gasteiger partial charge in [0.2, 0.25) is 0 Å². The Morgan fingerprint density at radius 1 is 1.20 bits per heavy atom. The summed E-state index contributed by atoms with van der Waals surface area (Å²) in [6, 6.07) is 8.55. The monoisotopic (exact) mass is 144 g/mol. The van der Waals surface area contributed by atoms with Crippen molar-refractivity contribution in [2.24, 2.45) is 5.92 Å². The van der Waals surface area contributed by atoms with Crippen molar-refractivity contribution in [1.29, 1.82) is 0 Å². The van der Waals surface area contributed by atoms with Crippen molar-refractivity contribution >= 4 is 0 Å². The molecule has 1 aromatic rings. The summed E-state index contributed by atoms with van der Waals surface area (Å²) in [5.74, 6) is 0.785. The van der Waals surface area contributed by atoms with Gasteiger partial charge in [0.25, 0.3) is 0 Å². The van der Waals surface area contributed by atoms with Crippen LogP contribution in [0.25, 0.3) is 0 Å². The van der Waals surface area contributed by atoms with Gasteiger partial charge in [-0.05, 0) is 0 Å². The molecule has 0 atom stereocenters. The first-order chi connectivity index (χ1) is 4.29. The molecule has 0 unspecified atom stereocenters. The maximum absolute atomic E-state index is 2.24. The second-order valence-electron chi connectivity index (χ2n) is 2.89. The third-order valence-electron chi connectivity index (χ3n) is 1.38. The molecule has 50 valence electrons. The first-order valence-electron chi connectivity index (χ1n) is 3.49. The maximum Gasteiger partial charge on any atom is 1.00 e. The average molecular weight is 144 g/mol. The Morgan fingerprint density at radius 2 is 1.70 bits per heavy atom. The third-order valence-corrected chi connectivity index (χ3v) is 1.38. The predicted octanol–water partition coefficient (Wildman–Crippen LogP) is -0.392. The molecule has 0 fully saturated rings. The molecule has 0 aliphatic carbocycles. The van der Waals surface area contributed by atoms with Crippen molar-refractivity contribution in [2.75, 3.05) is 0 Å². The third kappa shape index (κ3) is 3.50. The van der Waals surface area contributed by atoms with Gasteiger partial charge in [-0.1, -0.05) is 26.2 Å². The van der Waals surface area contributed by atoms with E-state index in [2.05, 4.69) is 38.1 Å². The van der Waals surface area contributed by atoms with Gasteiger partial charge in [0.15, 0.2) is 0 Å². The molecule has 0 nitrogen and oxygen atoms in total. The molecule has 0 aliphatic rings. The minimum Gasteiger partial charge on any atom is -0.213 e. The zero-order valence-corrected chi connectivity index (χ0v) is 9.09. The van der Waals surface area contributed by atoms with E-state index in [0.717, 1.165) is 5.92 Å². The van der Waals surface area contributed by atoms with E-state index in [9.17, 15) is 0 Å². The van der Waals surface area contributed by atoms with E-state index in [4.69, 9.17) is 0 Å². The van der Waals surface area contributed by atoms with Gasteiger partial charge in [0, 0.05) is 0 Å². The zero-order chi connectivity index (χ0) is 6.69. The second kappa shape index (κ2) is 5.06. The molecule has 0 radical (unpaired) electrons. The van der Waals surface area contributed by atoms with Crippen molar-refractivity contribution in [3.05, 3.63) is 29.8 Å². The Balaban J connectivity index is 0.000000810. The Hall–Kier alpha value is 0.350. The van der Waals surface area contributed by atoms with Crippen LogP contribution in [0.4, 0.5) is 0 Å². The summed E-state index contributed by atoms with van der Waals surface area (Å²) in [5, 5.41) is 0. The molecule has 10 heavy (non-hydrogen) atoms. The molecule has 0 bridgehead atoms. The van der Waals surface area contributed by atoms with E-state index < -0.39 is 0 Å². The summed E-state index contributed by atoms with van der Waals surface area (Å²) < 4.78 is 0. The molecular weight excluding hydrogens is 131 g/mol. The normalized spacial score (nSPS) is 9.50. The summed E-state index contributed by atoms with van der Waals surface area (Å²) in [6.07, 6.45) is 1.22. The van der Waals surface area contributed by atoms with Crippen LogP contribution in [0.15, 0.2) is 24.3 Å². The summed E-state index contributed by atoms with van der Waals surface area (Å²) in [5.41, 5.74) is 1.46. The maximum atomic E-state index is 2.24. The molecule has 0 spiro atoms. The summed E-state index contributed by atoms with van der Waals surface area (Å²) in [4.78, 5) is 0. The molecule has 0 aliphatic heterocycles. The second-order valence-corrected chi connectivity index (χ2v) is 2.89. The zero-order valence-electron chi connectivity index (χ0n) is 7.09. The first kappa shape index (κ1) is 10.3. The van der Waals surface area contributed by atoms with Crippen LogP contribution in [0, 0.1) is 5.92 Å². The van der Waals surface area contributed by atoms with Crippen molar-refractivity contribution in [2.45, 2.75) is 20.3 Å². The minimum atomic E-state index is 0. The van der Waals surface area contributed by atoms with Gasteiger partial charge < -0.3 is 0 Å². The fourth-order valence-corrected chi connectivity index (χ4v) is 1.02. The van der Waals surface area contributed by atoms with Crippen molar-refractivity contribution in [1.82, 2.24) is 0 Å². The standard InChI is InChI=1S/C9H13.Na/c1-8(2)7-9-5-3-4-6-9;/h3-6,8H,7H2,1-2H3;/q-1;+1. The van der Waals surface area contributed by atoms with Crippen LogP contribution in [0.2, 0.25) is 0 Å². The van der Waals surface area contributed by atoms with Crippen molar-refractivity contribution in [3.8, 4) is 0 Å². The SMILES string of the molecule is CC(C)C[c-]1cccc1.[Na+]. The number of hydrogen-bond acceptors (Lipinski definition) is 0. The van der Waals surface area contributed by atoms with E-state index in [1.807, 2.05) is 0 Å². The average Bonchev–Trinajstić information content (AvgIpc) is 2.15. The molecule has 0 heterocycles. The van der Waals surface area contributed by atoms with Gasteiger partial charge in [-0.25, -0.2) is 12.1 Å². The predicted molar refractivity (Wildman–Crippen MR) is 40.6 cm³/mol. The van der Waals surface area contributed by atoms with Crippen LogP contribution in [-0.2, 0) is 6.42 Å². The van der Waals surface area contributed by atoms with E-state index in [0.29, 0.717) is 0 Å². The summed E-state index contributed by atoms with van der Waals surface area (Å²) >= 11 is 0. The van der Waals surface area contributed by atoms with Crippen LogP contribution in [0.5, 0.6) is 0 Å². The summed E-state index contributed by atoms with van der Waals surface area (Å²) in [6.45, 7) is 4.49. The molecule has 1 aromatic carbocycles. The van der Waals surface area contributed by atoms with Gasteiger partial charge in [0.05, 0.1) is 0 Å². The fraction of sp³-hybridized carbons (Fsp3) is 0.444. The van der Waals surface area contributed by atoms with Gasteiger partial charge in [-0.3, -0.25) is 0 Å². The van der Waals surface area contributed by atoms with Crippen LogP contribution in [0.1, 0.15) is 19.4 Å². The molecule has 0 saturated carbocycles. The topological polar surface area (TPSA) is 0 Å². The van der Waals surface area contributed by atoms with Gasteiger partial charge in [-0.15, -0.1) is 0 Å². The van der Waals surface area contributed by atoms with Crippen LogP contribution in [-0.4, -0.2) is 0 Å². The molecule has 0 saturated heterocycles. The molecular formula is C9H13Na. The molecule has 1 heteroatoms. The van der Waals surface area contributed by atoms with E-state index >= 15 is 0 Å². The molecule has 0 amide bonds. The Kier molecular flexibility index (Phi) is 5.24. The van der Waals surface area contributed by atoms with Gasteiger partial charge in [0.1, 0.15) is 0 Å².